The van der Waals surface area contributed by atoms with E-state index >= 15 is 0 Å². The first-order valence-corrected chi connectivity index (χ1v) is 6.76. The van der Waals surface area contributed by atoms with Gasteiger partial charge in [0.05, 0.1) is 0 Å². The molecule has 1 aromatic heterocycles. The van der Waals surface area contributed by atoms with Gasteiger partial charge in [0.15, 0.2) is 0 Å². The molecule has 2 rings (SSSR count). The van der Waals surface area contributed by atoms with Crippen molar-refractivity contribution in [1.29, 1.82) is 5.26 Å². The largest absolute Gasteiger partial charge is 0.491 e. The molecule has 1 unspecified atom stereocenters. The lowest BCUT2D eigenvalue weighted by atomic mass is 10.2. The lowest BCUT2D eigenvalue weighted by molar-refractivity contribution is 0.117. The first-order valence-electron chi connectivity index (χ1n) is 6.76. The molecule has 5 nitrogen and oxygen atoms in total. The van der Waals surface area contributed by atoms with Gasteiger partial charge >= 0.3 is 0 Å². The number of ether oxygens (including phenoxy) is 1. The third kappa shape index (κ3) is 4.43. The van der Waals surface area contributed by atoms with Crippen LogP contribution in [0.3, 0.4) is 0 Å². The normalized spacial score (nSPS) is 11.5. The fraction of sp³-hybridized carbons (Fsp3) is 0.250. The van der Waals surface area contributed by atoms with Gasteiger partial charge in [-0.1, -0.05) is 6.07 Å². The Bertz CT molecular complexity index is 668. The van der Waals surface area contributed by atoms with Gasteiger partial charge in [-0.25, -0.2) is 9.37 Å². The molecule has 0 aliphatic rings. The van der Waals surface area contributed by atoms with Crippen LogP contribution in [-0.2, 0) is 0 Å². The molecule has 0 bridgehead atoms. The van der Waals surface area contributed by atoms with Crippen molar-refractivity contribution < 1.29 is 14.2 Å². The topological polar surface area (TPSA) is 78.2 Å². The lowest BCUT2D eigenvalue weighted by Crippen LogP contribution is -2.26. The zero-order valence-corrected chi connectivity index (χ0v) is 12.1. The average Bonchev–Trinajstić information content (AvgIpc) is 2.53. The molecule has 0 radical (unpaired) electrons. The third-order valence-corrected chi connectivity index (χ3v) is 2.98. The highest BCUT2D eigenvalue weighted by Crippen LogP contribution is 2.12. The first kappa shape index (κ1) is 15.7. The Balaban J connectivity index is 1.81. The summed E-state index contributed by atoms with van der Waals surface area (Å²) in [5.41, 5.74) is 1.15. The molecule has 0 amide bonds. The zero-order valence-electron chi connectivity index (χ0n) is 12.1. The Morgan fingerprint density at radius 3 is 2.73 bits per heavy atom. The van der Waals surface area contributed by atoms with E-state index in [1.54, 1.807) is 19.1 Å². The Kier molecular flexibility index (Phi) is 5.28. The van der Waals surface area contributed by atoms with Crippen LogP contribution in [0.15, 0.2) is 36.4 Å². The summed E-state index contributed by atoms with van der Waals surface area (Å²) in [5, 5.41) is 21.7. The van der Waals surface area contributed by atoms with Crippen molar-refractivity contribution in [3.63, 3.8) is 0 Å². The number of aryl methyl sites for hydroxylation is 1. The highest BCUT2D eigenvalue weighted by atomic mass is 19.1. The summed E-state index contributed by atoms with van der Waals surface area (Å²) < 4.78 is 18.1. The standard InChI is InChI=1S/C16H16FN3O2/c1-11-2-7-16(20-15(11)8-18)19-9-13(21)10-22-14-5-3-12(17)4-6-14/h2-7,13,21H,9-10H2,1H3,(H,19,20). The number of nitrogens with zero attached hydrogens (tertiary/aromatic N) is 2. The molecule has 0 saturated carbocycles. The number of benzene rings is 1. The molecule has 6 heteroatoms. The number of nitrogens with one attached hydrogen (secondary N) is 1. The molecule has 1 aromatic carbocycles. The number of hydrogen-bond donors (Lipinski definition) is 2. The number of anilines is 1. The fourth-order valence-corrected chi connectivity index (χ4v) is 1.74. The minimum absolute atomic E-state index is 0.0651. The van der Waals surface area contributed by atoms with Gasteiger partial charge in [-0.05, 0) is 42.8 Å². The van der Waals surface area contributed by atoms with Crippen LogP contribution in [0.1, 0.15) is 11.3 Å². The van der Waals surface area contributed by atoms with Gasteiger partial charge in [0, 0.05) is 6.54 Å². The van der Waals surface area contributed by atoms with Crippen molar-refractivity contribution in [3.05, 3.63) is 53.5 Å². The number of aliphatic hydroxyl groups excluding tert-OH is 1. The SMILES string of the molecule is Cc1ccc(NCC(O)COc2ccc(F)cc2)nc1C#N. The highest BCUT2D eigenvalue weighted by Gasteiger charge is 2.07. The maximum atomic E-state index is 12.7. The summed E-state index contributed by atoms with van der Waals surface area (Å²) in [5.74, 6) is 0.664. The van der Waals surface area contributed by atoms with Crippen LogP contribution in [0.5, 0.6) is 5.75 Å². The van der Waals surface area contributed by atoms with E-state index in [4.69, 9.17) is 10.00 Å². The Hall–Kier alpha value is -2.65. The predicted molar refractivity (Wildman–Crippen MR) is 80.1 cm³/mol. The second-order valence-electron chi connectivity index (χ2n) is 4.77. The maximum Gasteiger partial charge on any atom is 0.145 e. The van der Waals surface area contributed by atoms with Gasteiger partial charge in [0.1, 0.15) is 41.9 Å². The van der Waals surface area contributed by atoms with Crippen LogP contribution in [0.25, 0.3) is 0 Å². The summed E-state index contributed by atoms with van der Waals surface area (Å²) >= 11 is 0. The Labute approximate surface area is 128 Å². The van der Waals surface area contributed by atoms with Gasteiger partial charge in [-0.15, -0.1) is 0 Å². The molecule has 0 fully saturated rings. The molecule has 1 atom stereocenters. The smallest absolute Gasteiger partial charge is 0.145 e. The van der Waals surface area contributed by atoms with E-state index in [2.05, 4.69) is 10.3 Å². The summed E-state index contributed by atoms with van der Waals surface area (Å²) in [7, 11) is 0. The highest BCUT2D eigenvalue weighted by molar-refractivity contribution is 5.42. The summed E-state index contributed by atoms with van der Waals surface area (Å²) in [4.78, 5) is 4.12. The third-order valence-electron chi connectivity index (χ3n) is 2.98. The van der Waals surface area contributed by atoms with Gasteiger partial charge in [-0.3, -0.25) is 0 Å². The van der Waals surface area contributed by atoms with Crippen molar-refractivity contribution in [2.45, 2.75) is 13.0 Å². The monoisotopic (exact) mass is 301 g/mol. The number of pyridine rings is 1. The minimum Gasteiger partial charge on any atom is -0.491 e. The van der Waals surface area contributed by atoms with E-state index in [9.17, 15) is 9.50 Å². The molecule has 22 heavy (non-hydrogen) atoms. The van der Waals surface area contributed by atoms with Crippen molar-refractivity contribution in [2.75, 3.05) is 18.5 Å². The molecule has 0 aliphatic heterocycles. The molecule has 0 aliphatic carbocycles. The number of hydrogen-bond acceptors (Lipinski definition) is 5. The number of rotatable bonds is 6. The van der Waals surface area contributed by atoms with Crippen LogP contribution >= 0.6 is 0 Å². The summed E-state index contributed by atoms with van der Waals surface area (Å²) in [6, 6.07) is 11.1. The second-order valence-corrected chi connectivity index (χ2v) is 4.77. The fourth-order valence-electron chi connectivity index (χ4n) is 1.74. The molecule has 0 saturated heterocycles. The molecule has 0 spiro atoms. The van der Waals surface area contributed by atoms with E-state index < -0.39 is 6.10 Å². The van der Waals surface area contributed by atoms with Crippen molar-refractivity contribution in [2.24, 2.45) is 0 Å². The van der Waals surface area contributed by atoms with Crippen LogP contribution in [0, 0.1) is 24.1 Å². The number of aliphatic hydroxyl groups is 1. The molecule has 1 heterocycles. The molecular weight excluding hydrogens is 285 g/mol. The first-order chi connectivity index (χ1) is 10.6. The molecule has 2 aromatic rings. The number of nitriles is 1. The average molecular weight is 301 g/mol. The van der Waals surface area contributed by atoms with Crippen LogP contribution in [0.2, 0.25) is 0 Å². The second kappa shape index (κ2) is 7.38. The van der Waals surface area contributed by atoms with Crippen molar-refractivity contribution >= 4 is 5.82 Å². The van der Waals surface area contributed by atoms with E-state index in [0.29, 0.717) is 17.3 Å². The molecular formula is C16H16FN3O2. The quantitative estimate of drug-likeness (QED) is 0.855. The summed E-state index contributed by atoms with van der Waals surface area (Å²) in [6.07, 6.45) is -0.765. The number of aromatic nitrogens is 1. The Morgan fingerprint density at radius 1 is 1.32 bits per heavy atom. The predicted octanol–water partition coefficient (Wildman–Crippen LogP) is 2.25. The van der Waals surface area contributed by atoms with Crippen LogP contribution < -0.4 is 10.1 Å². The zero-order chi connectivity index (χ0) is 15.9. The number of halogens is 1. The van der Waals surface area contributed by atoms with Gasteiger partial charge in [0.25, 0.3) is 0 Å². The van der Waals surface area contributed by atoms with E-state index in [0.717, 1.165) is 5.56 Å². The van der Waals surface area contributed by atoms with E-state index in [1.807, 2.05) is 6.07 Å². The van der Waals surface area contributed by atoms with Crippen molar-refractivity contribution in [1.82, 2.24) is 4.98 Å². The Morgan fingerprint density at radius 2 is 2.05 bits per heavy atom. The van der Waals surface area contributed by atoms with E-state index in [1.165, 1.54) is 24.3 Å². The lowest BCUT2D eigenvalue weighted by Gasteiger charge is -2.14. The van der Waals surface area contributed by atoms with E-state index in [-0.39, 0.29) is 19.0 Å². The molecule has 114 valence electrons. The van der Waals surface area contributed by atoms with Gasteiger partial charge < -0.3 is 15.2 Å². The van der Waals surface area contributed by atoms with Crippen molar-refractivity contribution in [3.8, 4) is 11.8 Å². The van der Waals surface area contributed by atoms with Crippen LogP contribution in [0.4, 0.5) is 10.2 Å². The van der Waals surface area contributed by atoms with Crippen LogP contribution in [-0.4, -0.2) is 29.3 Å². The summed E-state index contributed by atoms with van der Waals surface area (Å²) in [6.45, 7) is 2.10. The molecule has 2 N–H and O–H groups in total. The maximum absolute atomic E-state index is 12.7. The minimum atomic E-state index is -0.765. The van der Waals surface area contributed by atoms with Gasteiger partial charge in [-0.2, -0.15) is 5.26 Å². The van der Waals surface area contributed by atoms with Gasteiger partial charge in [0.2, 0.25) is 0 Å².